The lowest BCUT2D eigenvalue weighted by Gasteiger charge is -2.36. The van der Waals surface area contributed by atoms with Crippen molar-refractivity contribution in [3.05, 3.63) is 0 Å². The van der Waals surface area contributed by atoms with Crippen molar-refractivity contribution in [1.29, 1.82) is 0 Å². The summed E-state index contributed by atoms with van der Waals surface area (Å²) in [6, 6.07) is -0.340. The van der Waals surface area contributed by atoms with Gasteiger partial charge in [-0.05, 0) is 26.2 Å². The van der Waals surface area contributed by atoms with Crippen molar-refractivity contribution < 1.29 is 18.3 Å². The summed E-state index contributed by atoms with van der Waals surface area (Å²) < 4.78 is 25.8. The Hall–Kier alpha value is -0.660. The van der Waals surface area contributed by atoms with Crippen molar-refractivity contribution in [2.24, 2.45) is 5.73 Å². The SMILES string of the molecule is CC(N)C1CCCCN1S(=O)(=O)CCCC(=O)O. The molecule has 0 radical (unpaired) electrons. The molecule has 1 heterocycles. The Kier molecular flexibility index (Phi) is 5.55. The van der Waals surface area contributed by atoms with Crippen LogP contribution in [0.2, 0.25) is 0 Å². The monoisotopic (exact) mass is 278 g/mol. The van der Waals surface area contributed by atoms with Crippen LogP contribution in [0.3, 0.4) is 0 Å². The van der Waals surface area contributed by atoms with E-state index < -0.39 is 16.0 Å². The highest BCUT2D eigenvalue weighted by Crippen LogP contribution is 2.23. The summed E-state index contributed by atoms with van der Waals surface area (Å²) in [5.74, 6) is -1.07. The van der Waals surface area contributed by atoms with Gasteiger partial charge in [0, 0.05) is 25.0 Å². The van der Waals surface area contributed by atoms with Crippen LogP contribution < -0.4 is 5.73 Å². The van der Waals surface area contributed by atoms with E-state index in [1.54, 1.807) is 0 Å². The number of carboxylic acids is 1. The van der Waals surface area contributed by atoms with Gasteiger partial charge in [-0.1, -0.05) is 6.42 Å². The van der Waals surface area contributed by atoms with Gasteiger partial charge in [0.15, 0.2) is 0 Å². The lowest BCUT2D eigenvalue weighted by Crippen LogP contribution is -2.52. The molecule has 7 heteroatoms. The molecule has 1 aliphatic heterocycles. The summed E-state index contributed by atoms with van der Waals surface area (Å²) >= 11 is 0. The molecule has 1 rings (SSSR count). The Morgan fingerprint density at radius 2 is 2.17 bits per heavy atom. The van der Waals surface area contributed by atoms with Crippen molar-refractivity contribution >= 4 is 16.0 Å². The topological polar surface area (TPSA) is 101 Å². The maximum absolute atomic E-state index is 12.2. The van der Waals surface area contributed by atoms with E-state index in [1.807, 2.05) is 6.92 Å². The second-order valence-electron chi connectivity index (χ2n) is 4.85. The Morgan fingerprint density at radius 3 is 2.72 bits per heavy atom. The maximum Gasteiger partial charge on any atom is 0.303 e. The minimum atomic E-state index is -3.38. The summed E-state index contributed by atoms with van der Waals surface area (Å²) in [4.78, 5) is 10.4. The first-order valence-electron chi connectivity index (χ1n) is 6.31. The van der Waals surface area contributed by atoms with Gasteiger partial charge in [-0.15, -0.1) is 0 Å². The van der Waals surface area contributed by atoms with E-state index in [4.69, 9.17) is 10.8 Å². The van der Waals surface area contributed by atoms with Crippen LogP contribution in [-0.2, 0) is 14.8 Å². The molecular weight excluding hydrogens is 256 g/mol. The smallest absolute Gasteiger partial charge is 0.303 e. The number of piperidine rings is 1. The lowest BCUT2D eigenvalue weighted by atomic mass is 10.00. The largest absolute Gasteiger partial charge is 0.481 e. The van der Waals surface area contributed by atoms with Gasteiger partial charge in [-0.3, -0.25) is 4.79 Å². The zero-order valence-corrected chi connectivity index (χ0v) is 11.5. The molecule has 0 amide bonds. The van der Waals surface area contributed by atoms with Crippen molar-refractivity contribution in [2.75, 3.05) is 12.3 Å². The Bertz CT molecular complexity index is 381. The molecule has 1 fully saturated rings. The molecule has 0 aromatic rings. The fraction of sp³-hybridized carbons (Fsp3) is 0.909. The average molecular weight is 278 g/mol. The lowest BCUT2D eigenvalue weighted by molar-refractivity contribution is -0.137. The van der Waals surface area contributed by atoms with Gasteiger partial charge in [0.2, 0.25) is 10.0 Å². The highest BCUT2D eigenvalue weighted by atomic mass is 32.2. The van der Waals surface area contributed by atoms with Crippen LogP contribution in [0.5, 0.6) is 0 Å². The normalized spacial score (nSPS) is 23.8. The molecule has 0 saturated carbocycles. The van der Waals surface area contributed by atoms with E-state index in [2.05, 4.69) is 0 Å². The molecule has 0 aromatic carbocycles. The molecule has 106 valence electrons. The van der Waals surface area contributed by atoms with Crippen molar-refractivity contribution in [2.45, 2.75) is 51.1 Å². The second-order valence-corrected chi connectivity index (χ2v) is 6.89. The third kappa shape index (κ3) is 4.22. The molecule has 6 nitrogen and oxygen atoms in total. The minimum Gasteiger partial charge on any atom is -0.481 e. The van der Waals surface area contributed by atoms with E-state index in [1.165, 1.54) is 4.31 Å². The number of sulfonamides is 1. The fourth-order valence-electron chi connectivity index (χ4n) is 2.32. The summed E-state index contributed by atoms with van der Waals surface area (Å²) in [7, 11) is -3.38. The third-order valence-electron chi connectivity index (χ3n) is 3.26. The minimum absolute atomic E-state index is 0.109. The number of hydrogen-bond acceptors (Lipinski definition) is 4. The van der Waals surface area contributed by atoms with Crippen LogP contribution in [0.25, 0.3) is 0 Å². The summed E-state index contributed by atoms with van der Waals surface area (Å²) in [5, 5.41) is 8.53. The molecule has 0 aliphatic carbocycles. The Morgan fingerprint density at radius 1 is 1.50 bits per heavy atom. The molecule has 1 saturated heterocycles. The Balaban J connectivity index is 2.66. The molecule has 1 aliphatic rings. The highest BCUT2D eigenvalue weighted by molar-refractivity contribution is 7.89. The third-order valence-corrected chi connectivity index (χ3v) is 5.23. The molecule has 18 heavy (non-hydrogen) atoms. The number of carbonyl (C=O) groups is 1. The van der Waals surface area contributed by atoms with Crippen LogP contribution in [0.1, 0.15) is 39.0 Å². The van der Waals surface area contributed by atoms with E-state index in [9.17, 15) is 13.2 Å². The number of carboxylic acid groups (broad SMARTS) is 1. The van der Waals surface area contributed by atoms with Gasteiger partial charge in [0.1, 0.15) is 0 Å². The second kappa shape index (κ2) is 6.49. The molecule has 2 unspecified atom stereocenters. The van der Waals surface area contributed by atoms with Crippen LogP contribution >= 0.6 is 0 Å². The first-order valence-corrected chi connectivity index (χ1v) is 7.92. The Labute approximate surface area is 108 Å². The summed E-state index contributed by atoms with van der Waals surface area (Å²) in [6.07, 6.45) is 2.67. The van der Waals surface area contributed by atoms with E-state index in [0.717, 1.165) is 19.3 Å². The van der Waals surface area contributed by atoms with Gasteiger partial charge in [-0.2, -0.15) is 4.31 Å². The number of hydrogen-bond donors (Lipinski definition) is 2. The van der Waals surface area contributed by atoms with Crippen molar-refractivity contribution in [1.82, 2.24) is 4.31 Å². The molecule has 0 aromatic heterocycles. The van der Waals surface area contributed by atoms with Crippen molar-refractivity contribution in [3.8, 4) is 0 Å². The van der Waals surface area contributed by atoms with Crippen LogP contribution in [0.4, 0.5) is 0 Å². The van der Waals surface area contributed by atoms with Gasteiger partial charge < -0.3 is 10.8 Å². The predicted octanol–water partition coefficient (Wildman–Crippen LogP) is 0.383. The maximum atomic E-state index is 12.2. The van der Waals surface area contributed by atoms with Crippen molar-refractivity contribution in [3.63, 3.8) is 0 Å². The quantitative estimate of drug-likeness (QED) is 0.731. The standard InChI is InChI=1S/C11H22N2O4S/c1-9(12)10-5-2-3-7-13(10)18(16,17)8-4-6-11(14)15/h9-10H,2-8,12H2,1H3,(H,14,15). The number of rotatable bonds is 6. The number of nitrogens with zero attached hydrogens (tertiary/aromatic N) is 1. The van der Waals surface area contributed by atoms with Gasteiger partial charge >= 0.3 is 5.97 Å². The summed E-state index contributed by atoms with van der Waals surface area (Å²) in [6.45, 7) is 2.32. The van der Waals surface area contributed by atoms with Gasteiger partial charge in [-0.25, -0.2) is 8.42 Å². The molecular formula is C11H22N2O4S. The van der Waals surface area contributed by atoms with E-state index in [-0.39, 0.29) is 30.7 Å². The molecule has 3 N–H and O–H groups in total. The zero-order valence-electron chi connectivity index (χ0n) is 10.7. The van der Waals surface area contributed by atoms with Gasteiger partial charge in [0.25, 0.3) is 0 Å². The van der Waals surface area contributed by atoms with E-state index in [0.29, 0.717) is 6.54 Å². The van der Waals surface area contributed by atoms with Gasteiger partial charge in [0.05, 0.1) is 5.75 Å². The van der Waals surface area contributed by atoms with Crippen LogP contribution in [-0.4, -0.2) is 48.2 Å². The fourth-order valence-corrected chi connectivity index (χ4v) is 4.19. The number of nitrogens with two attached hydrogens (primary N) is 1. The average Bonchev–Trinajstić information content (AvgIpc) is 2.28. The first kappa shape index (κ1) is 15.4. The molecule has 0 bridgehead atoms. The highest BCUT2D eigenvalue weighted by Gasteiger charge is 2.33. The van der Waals surface area contributed by atoms with Crippen LogP contribution in [0.15, 0.2) is 0 Å². The van der Waals surface area contributed by atoms with Crippen LogP contribution in [0, 0.1) is 0 Å². The predicted molar refractivity (Wildman–Crippen MR) is 68.7 cm³/mol. The van der Waals surface area contributed by atoms with E-state index >= 15 is 0 Å². The molecule has 0 spiro atoms. The molecule has 2 atom stereocenters. The number of aliphatic carboxylic acids is 1. The first-order chi connectivity index (χ1) is 8.34. The zero-order chi connectivity index (χ0) is 13.8. The summed E-state index contributed by atoms with van der Waals surface area (Å²) in [5.41, 5.74) is 5.83.